The van der Waals surface area contributed by atoms with E-state index in [0.29, 0.717) is 18.3 Å². The molecule has 0 fully saturated rings. The third-order valence-electron chi connectivity index (χ3n) is 3.75. The molecule has 0 amide bonds. The first-order valence-corrected chi connectivity index (χ1v) is 9.38. The Bertz CT molecular complexity index is 892. The van der Waals surface area contributed by atoms with Crippen molar-refractivity contribution in [1.29, 1.82) is 0 Å². The lowest BCUT2D eigenvalue weighted by molar-refractivity contribution is 1.02. The van der Waals surface area contributed by atoms with E-state index in [2.05, 4.69) is 84.8 Å². The average Bonchev–Trinajstić information content (AvgIpc) is 2.65. The molecule has 132 valence electrons. The smallest absolute Gasteiger partial charge is 0.225 e. The Balaban J connectivity index is 1.69. The van der Waals surface area contributed by atoms with Crippen molar-refractivity contribution in [3.63, 3.8) is 0 Å². The number of anilines is 2. The summed E-state index contributed by atoms with van der Waals surface area (Å²) in [4.78, 5) is 8.92. The second kappa shape index (κ2) is 8.75. The van der Waals surface area contributed by atoms with Gasteiger partial charge in [-0.1, -0.05) is 42.5 Å². The van der Waals surface area contributed by atoms with Gasteiger partial charge in [-0.25, -0.2) is 4.98 Å². The van der Waals surface area contributed by atoms with Crippen LogP contribution in [0.1, 0.15) is 23.7 Å². The summed E-state index contributed by atoms with van der Waals surface area (Å²) in [5.41, 5.74) is 7.06. The molecule has 0 bridgehead atoms. The van der Waals surface area contributed by atoms with Crippen LogP contribution in [0.5, 0.6) is 0 Å². The van der Waals surface area contributed by atoms with Gasteiger partial charge >= 0.3 is 0 Å². The van der Waals surface area contributed by atoms with Gasteiger partial charge in [-0.05, 0) is 59.7 Å². The summed E-state index contributed by atoms with van der Waals surface area (Å²) in [6, 6.07) is 20.3. The molecule has 0 unspecified atom stereocenters. The minimum atomic E-state index is 0.582. The van der Waals surface area contributed by atoms with E-state index >= 15 is 0 Å². The second-order valence-corrected chi connectivity index (χ2v) is 7.12. The predicted molar refractivity (Wildman–Crippen MR) is 116 cm³/mol. The summed E-state index contributed by atoms with van der Waals surface area (Å²) in [5.74, 6) is 1.25. The molecule has 0 spiro atoms. The average molecular weight is 457 g/mol. The van der Waals surface area contributed by atoms with E-state index in [1.165, 1.54) is 9.13 Å². The summed E-state index contributed by atoms with van der Waals surface area (Å²) < 4.78 is 1.20. The van der Waals surface area contributed by atoms with E-state index in [4.69, 9.17) is 0 Å². The van der Waals surface area contributed by atoms with Gasteiger partial charge in [-0.3, -0.25) is 5.43 Å². The van der Waals surface area contributed by atoms with Crippen LogP contribution >= 0.6 is 22.6 Å². The largest absolute Gasteiger partial charge is 0.350 e. The molecule has 0 saturated carbocycles. The molecule has 0 atom stereocenters. The van der Waals surface area contributed by atoms with E-state index in [-0.39, 0.29) is 0 Å². The first-order valence-electron chi connectivity index (χ1n) is 8.30. The highest BCUT2D eigenvalue weighted by Crippen LogP contribution is 2.12. The van der Waals surface area contributed by atoms with Gasteiger partial charge in [-0.2, -0.15) is 10.1 Å². The maximum absolute atomic E-state index is 4.49. The van der Waals surface area contributed by atoms with Crippen LogP contribution in [0.4, 0.5) is 11.8 Å². The number of halogens is 1. The highest BCUT2D eigenvalue weighted by Gasteiger charge is 2.03. The van der Waals surface area contributed by atoms with Crippen molar-refractivity contribution in [3.05, 3.63) is 81.1 Å². The van der Waals surface area contributed by atoms with Gasteiger partial charge < -0.3 is 5.32 Å². The minimum absolute atomic E-state index is 0.582. The molecule has 2 N–H and O–H groups in total. The number of hydrogen-bond acceptors (Lipinski definition) is 5. The molecule has 0 radical (unpaired) electrons. The Labute approximate surface area is 167 Å². The van der Waals surface area contributed by atoms with E-state index in [9.17, 15) is 0 Å². The van der Waals surface area contributed by atoms with Gasteiger partial charge in [0, 0.05) is 21.9 Å². The minimum Gasteiger partial charge on any atom is -0.350 e. The number of nitrogens with zero attached hydrogens (tertiary/aromatic N) is 3. The standard InChI is InChI=1S/C20H20IN5/c1-14-12-19(26-25-15(2)17-8-10-18(21)11-9-17)24-20(23-14)22-13-16-6-4-3-5-7-16/h3-12H,13H2,1-2H3,(H2,22,23,24,26)/b25-15+. The Morgan fingerprint density at radius 3 is 2.50 bits per heavy atom. The summed E-state index contributed by atoms with van der Waals surface area (Å²) >= 11 is 2.29. The Morgan fingerprint density at radius 2 is 1.77 bits per heavy atom. The summed E-state index contributed by atoms with van der Waals surface area (Å²) in [6.45, 7) is 4.59. The van der Waals surface area contributed by atoms with E-state index in [0.717, 1.165) is 17.0 Å². The molecule has 1 heterocycles. The SMILES string of the molecule is C/C(=N\Nc1cc(C)nc(NCc2ccccc2)n1)c1ccc(I)cc1. The van der Waals surface area contributed by atoms with E-state index in [1.807, 2.05) is 38.1 Å². The number of nitrogens with one attached hydrogen (secondary N) is 2. The monoisotopic (exact) mass is 457 g/mol. The highest BCUT2D eigenvalue weighted by molar-refractivity contribution is 14.1. The van der Waals surface area contributed by atoms with Crippen LogP contribution < -0.4 is 10.7 Å². The molecule has 0 aliphatic rings. The summed E-state index contributed by atoms with van der Waals surface area (Å²) in [7, 11) is 0. The lowest BCUT2D eigenvalue weighted by atomic mass is 10.1. The van der Waals surface area contributed by atoms with Crippen molar-refractivity contribution in [2.24, 2.45) is 5.10 Å². The highest BCUT2D eigenvalue weighted by atomic mass is 127. The number of benzene rings is 2. The van der Waals surface area contributed by atoms with Crippen molar-refractivity contribution >= 4 is 40.1 Å². The lowest BCUT2D eigenvalue weighted by Crippen LogP contribution is -2.07. The fourth-order valence-electron chi connectivity index (χ4n) is 2.38. The molecular formula is C20H20IN5. The van der Waals surface area contributed by atoms with Crippen molar-refractivity contribution in [2.45, 2.75) is 20.4 Å². The van der Waals surface area contributed by atoms with Crippen LogP contribution in [-0.2, 0) is 6.54 Å². The Morgan fingerprint density at radius 1 is 1.04 bits per heavy atom. The normalized spacial score (nSPS) is 11.3. The third-order valence-corrected chi connectivity index (χ3v) is 4.47. The summed E-state index contributed by atoms with van der Waals surface area (Å²) in [5, 5.41) is 7.70. The first kappa shape index (κ1) is 18.3. The van der Waals surface area contributed by atoms with Crippen LogP contribution in [0.3, 0.4) is 0 Å². The van der Waals surface area contributed by atoms with Crippen LogP contribution in [0.25, 0.3) is 0 Å². The molecule has 0 aliphatic heterocycles. The second-order valence-electron chi connectivity index (χ2n) is 5.87. The fraction of sp³-hybridized carbons (Fsp3) is 0.150. The van der Waals surface area contributed by atoms with Crippen molar-refractivity contribution in [1.82, 2.24) is 9.97 Å². The molecule has 6 heteroatoms. The molecule has 0 aliphatic carbocycles. The lowest BCUT2D eigenvalue weighted by Gasteiger charge is -2.08. The maximum atomic E-state index is 4.49. The number of hydrogen-bond donors (Lipinski definition) is 2. The predicted octanol–water partition coefficient (Wildman–Crippen LogP) is 4.84. The zero-order valence-corrected chi connectivity index (χ0v) is 16.9. The Hall–Kier alpha value is -2.48. The zero-order valence-electron chi connectivity index (χ0n) is 14.7. The molecule has 3 rings (SSSR count). The van der Waals surface area contributed by atoms with Crippen molar-refractivity contribution in [3.8, 4) is 0 Å². The van der Waals surface area contributed by atoms with Gasteiger partial charge in [0.25, 0.3) is 0 Å². The zero-order chi connectivity index (χ0) is 18.4. The van der Waals surface area contributed by atoms with Crippen LogP contribution in [-0.4, -0.2) is 15.7 Å². The summed E-state index contributed by atoms with van der Waals surface area (Å²) in [6.07, 6.45) is 0. The maximum Gasteiger partial charge on any atom is 0.225 e. The van der Waals surface area contributed by atoms with Gasteiger partial charge in [0.1, 0.15) is 0 Å². The number of hydrazone groups is 1. The molecule has 0 saturated heterocycles. The van der Waals surface area contributed by atoms with Gasteiger partial charge in [-0.15, -0.1) is 0 Å². The van der Waals surface area contributed by atoms with Crippen LogP contribution in [0.15, 0.2) is 65.8 Å². The quantitative estimate of drug-likeness (QED) is 0.316. The third kappa shape index (κ3) is 5.26. The van der Waals surface area contributed by atoms with Crippen molar-refractivity contribution < 1.29 is 0 Å². The molecule has 5 nitrogen and oxygen atoms in total. The van der Waals surface area contributed by atoms with Crippen molar-refractivity contribution in [2.75, 3.05) is 10.7 Å². The van der Waals surface area contributed by atoms with Crippen LogP contribution in [0, 0.1) is 10.5 Å². The number of rotatable bonds is 6. The molecule has 2 aromatic carbocycles. The molecule has 26 heavy (non-hydrogen) atoms. The molecule has 3 aromatic rings. The fourth-order valence-corrected chi connectivity index (χ4v) is 2.74. The number of aryl methyl sites for hydroxylation is 1. The Kier molecular flexibility index (Phi) is 6.17. The van der Waals surface area contributed by atoms with E-state index in [1.54, 1.807) is 0 Å². The van der Waals surface area contributed by atoms with E-state index < -0.39 is 0 Å². The molecule has 1 aromatic heterocycles. The first-order chi connectivity index (χ1) is 12.6. The number of aromatic nitrogens is 2. The van der Waals surface area contributed by atoms with Gasteiger partial charge in [0.15, 0.2) is 5.82 Å². The topological polar surface area (TPSA) is 62.2 Å². The van der Waals surface area contributed by atoms with Crippen LogP contribution in [0.2, 0.25) is 0 Å². The van der Waals surface area contributed by atoms with Gasteiger partial charge in [0.05, 0.1) is 5.71 Å². The van der Waals surface area contributed by atoms with Gasteiger partial charge in [0.2, 0.25) is 5.95 Å². The molecular weight excluding hydrogens is 437 g/mol.